The van der Waals surface area contributed by atoms with E-state index in [1.165, 1.54) is 0 Å². The van der Waals surface area contributed by atoms with Gasteiger partial charge in [-0.1, -0.05) is 29.8 Å². The number of aryl methyl sites for hydroxylation is 2. The molecule has 0 aromatic heterocycles. The van der Waals surface area contributed by atoms with Crippen LogP contribution in [0.25, 0.3) is 0 Å². The highest BCUT2D eigenvalue weighted by atomic mass is 16.5. The molecule has 27 heavy (non-hydrogen) atoms. The second kappa shape index (κ2) is 8.68. The van der Waals surface area contributed by atoms with Crippen molar-refractivity contribution < 1.29 is 19.1 Å². The molecule has 0 aliphatic carbocycles. The predicted molar refractivity (Wildman–Crippen MR) is 102 cm³/mol. The normalized spacial score (nSPS) is 16.0. The number of hydrogen-bond donors (Lipinski definition) is 2. The summed E-state index contributed by atoms with van der Waals surface area (Å²) in [5.41, 5.74) is 7.72. The van der Waals surface area contributed by atoms with E-state index in [-0.39, 0.29) is 12.0 Å². The zero-order chi connectivity index (χ0) is 19.2. The van der Waals surface area contributed by atoms with Crippen LogP contribution in [0.5, 0.6) is 5.75 Å². The molecule has 1 unspecified atom stereocenters. The van der Waals surface area contributed by atoms with Crippen molar-refractivity contribution in [2.45, 2.75) is 32.8 Å². The van der Waals surface area contributed by atoms with Crippen LogP contribution in [0.15, 0.2) is 42.5 Å². The molecule has 1 fully saturated rings. The summed E-state index contributed by atoms with van der Waals surface area (Å²) in [6, 6.07) is 12.5. The predicted octanol–water partition coefficient (Wildman–Crippen LogP) is 2.94. The van der Waals surface area contributed by atoms with Crippen LogP contribution < -0.4 is 15.6 Å². The number of rotatable bonds is 5. The molecular weight excluding hydrogens is 344 g/mol. The van der Waals surface area contributed by atoms with Crippen LogP contribution in [0.3, 0.4) is 0 Å². The maximum Gasteiger partial charge on any atom is 0.273 e. The molecule has 6 heteroatoms. The number of ether oxygens (including phenoxy) is 2. The largest absolute Gasteiger partial charge is 0.490 e. The van der Waals surface area contributed by atoms with Crippen molar-refractivity contribution in [3.8, 4) is 5.75 Å². The van der Waals surface area contributed by atoms with Gasteiger partial charge in [0.05, 0.1) is 11.7 Å². The maximum atomic E-state index is 12.5. The summed E-state index contributed by atoms with van der Waals surface area (Å²) in [4.78, 5) is 24.8. The first-order chi connectivity index (χ1) is 13.0. The van der Waals surface area contributed by atoms with Gasteiger partial charge >= 0.3 is 0 Å². The number of benzene rings is 2. The number of carbonyl (C=O) groups excluding carboxylic acids is 2. The molecule has 0 radical (unpaired) electrons. The molecule has 3 rings (SSSR count). The van der Waals surface area contributed by atoms with Gasteiger partial charge in [0.25, 0.3) is 11.8 Å². The number of amides is 2. The summed E-state index contributed by atoms with van der Waals surface area (Å²) in [7, 11) is 0. The van der Waals surface area contributed by atoms with E-state index in [1.807, 2.05) is 26.0 Å². The molecule has 0 bridgehead atoms. The van der Waals surface area contributed by atoms with Crippen LogP contribution in [0.4, 0.5) is 0 Å². The van der Waals surface area contributed by atoms with Crippen molar-refractivity contribution in [1.82, 2.24) is 10.9 Å². The van der Waals surface area contributed by atoms with Crippen molar-refractivity contribution in [3.63, 3.8) is 0 Å². The lowest BCUT2D eigenvalue weighted by molar-refractivity contribution is 0.0669. The third-order valence-corrected chi connectivity index (χ3v) is 4.50. The summed E-state index contributed by atoms with van der Waals surface area (Å²) in [5, 5.41) is 0. The molecule has 2 amide bonds. The van der Waals surface area contributed by atoms with Gasteiger partial charge in [-0.2, -0.15) is 0 Å². The molecule has 0 saturated carbocycles. The summed E-state index contributed by atoms with van der Waals surface area (Å²) in [6.07, 6.45) is 2.05. The molecule has 0 spiro atoms. The van der Waals surface area contributed by atoms with Gasteiger partial charge in [0, 0.05) is 12.2 Å². The third kappa shape index (κ3) is 4.86. The second-order valence-electron chi connectivity index (χ2n) is 6.67. The van der Waals surface area contributed by atoms with Crippen LogP contribution in [0, 0.1) is 13.8 Å². The van der Waals surface area contributed by atoms with E-state index in [1.54, 1.807) is 30.3 Å². The van der Waals surface area contributed by atoms with Gasteiger partial charge < -0.3 is 9.47 Å². The number of nitrogens with one attached hydrogen (secondary N) is 2. The highest BCUT2D eigenvalue weighted by Crippen LogP contribution is 2.20. The molecular formula is C21H24N2O4. The number of hydrazine groups is 1. The Morgan fingerprint density at radius 1 is 1.07 bits per heavy atom. The van der Waals surface area contributed by atoms with Crippen molar-refractivity contribution in [2.75, 3.05) is 13.2 Å². The Kier molecular flexibility index (Phi) is 6.08. The molecule has 2 N–H and O–H groups in total. The Bertz CT molecular complexity index is 829. The Hall–Kier alpha value is -2.86. The van der Waals surface area contributed by atoms with E-state index in [4.69, 9.17) is 9.47 Å². The van der Waals surface area contributed by atoms with E-state index in [0.29, 0.717) is 23.5 Å². The fourth-order valence-corrected chi connectivity index (χ4v) is 3.06. The first-order valence-corrected chi connectivity index (χ1v) is 9.06. The van der Waals surface area contributed by atoms with Crippen molar-refractivity contribution in [2.24, 2.45) is 0 Å². The molecule has 6 nitrogen and oxygen atoms in total. The van der Waals surface area contributed by atoms with Crippen LogP contribution in [-0.4, -0.2) is 31.1 Å². The minimum atomic E-state index is -0.434. The Morgan fingerprint density at radius 3 is 2.52 bits per heavy atom. The zero-order valence-electron chi connectivity index (χ0n) is 15.6. The quantitative estimate of drug-likeness (QED) is 0.796. The third-order valence-electron chi connectivity index (χ3n) is 4.50. The van der Waals surface area contributed by atoms with Gasteiger partial charge in [0.2, 0.25) is 0 Å². The van der Waals surface area contributed by atoms with Crippen molar-refractivity contribution >= 4 is 11.8 Å². The van der Waals surface area contributed by atoms with E-state index < -0.39 is 5.91 Å². The van der Waals surface area contributed by atoms with E-state index in [9.17, 15) is 9.59 Å². The number of carbonyl (C=O) groups is 2. The molecule has 1 aliphatic heterocycles. The van der Waals surface area contributed by atoms with Gasteiger partial charge in [-0.3, -0.25) is 20.4 Å². The van der Waals surface area contributed by atoms with Crippen LogP contribution in [0.1, 0.15) is 44.7 Å². The summed E-state index contributed by atoms with van der Waals surface area (Å²) in [5.74, 6) is -0.332. The Labute approximate surface area is 158 Å². The molecule has 1 atom stereocenters. The van der Waals surface area contributed by atoms with Gasteiger partial charge in [-0.05, 0) is 50.5 Å². The van der Waals surface area contributed by atoms with Gasteiger partial charge in [0.15, 0.2) is 0 Å². The van der Waals surface area contributed by atoms with E-state index in [2.05, 4.69) is 10.9 Å². The first-order valence-electron chi connectivity index (χ1n) is 9.06. The topological polar surface area (TPSA) is 76.7 Å². The lowest BCUT2D eigenvalue weighted by Crippen LogP contribution is -2.42. The molecule has 142 valence electrons. The lowest BCUT2D eigenvalue weighted by Gasteiger charge is -2.15. The SMILES string of the molecule is Cc1ccc(C(=O)NNC(=O)c2ccccc2OCC2CCCO2)c(C)c1. The average Bonchev–Trinajstić information content (AvgIpc) is 3.18. The summed E-state index contributed by atoms with van der Waals surface area (Å²) in [6.45, 7) is 4.97. The van der Waals surface area contributed by atoms with E-state index in [0.717, 1.165) is 30.6 Å². The molecule has 1 aliphatic rings. The molecule has 2 aromatic rings. The van der Waals surface area contributed by atoms with Gasteiger partial charge in [0.1, 0.15) is 12.4 Å². The van der Waals surface area contributed by atoms with Gasteiger partial charge in [-0.15, -0.1) is 0 Å². The van der Waals surface area contributed by atoms with Crippen molar-refractivity contribution in [1.29, 1.82) is 0 Å². The molecule has 2 aromatic carbocycles. The van der Waals surface area contributed by atoms with Crippen LogP contribution in [0.2, 0.25) is 0 Å². The minimum Gasteiger partial charge on any atom is -0.490 e. The van der Waals surface area contributed by atoms with Crippen LogP contribution in [-0.2, 0) is 4.74 Å². The fourth-order valence-electron chi connectivity index (χ4n) is 3.06. The molecule has 1 heterocycles. The zero-order valence-corrected chi connectivity index (χ0v) is 15.6. The maximum absolute atomic E-state index is 12.5. The minimum absolute atomic E-state index is 0.0605. The first kappa shape index (κ1) is 18.9. The lowest BCUT2D eigenvalue weighted by atomic mass is 10.1. The van der Waals surface area contributed by atoms with Gasteiger partial charge in [-0.25, -0.2) is 0 Å². The second-order valence-corrected chi connectivity index (χ2v) is 6.67. The number of hydrogen-bond acceptors (Lipinski definition) is 4. The highest BCUT2D eigenvalue weighted by molar-refractivity contribution is 6.01. The number of para-hydroxylation sites is 1. The smallest absolute Gasteiger partial charge is 0.273 e. The Balaban J connectivity index is 1.61. The average molecular weight is 368 g/mol. The Morgan fingerprint density at radius 2 is 1.81 bits per heavy atom. The highest BCUT2D eigenvalue weighted by Gasteiger charge is 2.19. The standard InChI is InChI=1S/C21H24N2O4/c1-14-9-10-17(15(2)12-14)20(24)22-23-21(25)18-7-3-4-8-19(18)27-13-16-6-5-11-26-16/h3-4,7-10,12,16H,5-6,11,13H2,1-2H3,(H,22,24)(H,23,25). The fraction of sp³-hybridized carbons (Fsp3) is 0.333. The van der Waals surface area contributed by atoms with Crippen LogP contribution >= 0.6 is 0 Å². The van der Waals surface area contributed by atoms with E-state index >= 15 is 0 Å². The van der Waals surface area contributed by atoms with Crippen molar-refractivity contribution in [3.05, 3.63) is 64.7 Å². The molecule has 1 saturated heterocycles. The summed E-state index contributed by atoms with van der Waals surface area (Å²) >= 11 is 0. The summed E-state index contributed by atoms with van der Waals surface area (Å²) < 4.78 is 11.3. The monoisotopic (exact) mass is 368 g/mol.